The van der Waals surface area contributed by atoms with Crippen LogP contribution in [0.3, 0.4) is 0 Å². The van der Waals surface area contributed by atoms with Gasteiger partial charge in [0.25, 0.3) is 0 Å². The number of benzene rings is 1. The molecule has 2 aromatic rings. The number of methoxy groups -OCH3 is 2. The number of nitrogens with zero attached hydrogens (tertiary/aromatic N) is 2. The lowest BCUT2D eigenvalue weighted by Crippen LogP contribution is -2.39. The Balaban J connectivity index is 1.93. The number of carboxylic acid groups (broad SMARTS) is 1. The maximum atomic E-state index is 11.2. The Hall–Kier alpha value is -2.44. The van der Waals surface area contributed by atoms with Crippen LogP contribution in [-0.4, -0.2) is 48.4 Å². The second kappa shape index (κ2) is 5.75. The van der Waals surface area contributed by atoms with E-state index >= 15 is 0 Å². The number of rotatable bonds is 4. The number of hydrogen-bond acceptors (Lipinski definition) is 5. The molecule has 2 N–H and O–H groups in total. The molecule has 1 atom stereocenters. The molecule has 7 heteroatoms. The molecule has 118 valence electrons. The van der Waals surface area contributed by atoms with E-state index in [2.05, 4.69) is 9.97 Å². The first kappa shape index (κ1) is 14.5. The average molecular weight is 305 g/mol. The number of anilines is 1. The van der Waals surface area contributed by atoms with Crippen LogP contribution in [0.4, 0.5) is 5.95 Å². The number of carbonyl (C=O) groups is 1. The molecule has 0 saturated carbocycles. The van der Waals surface area contributed by atoms with Gasteiger partial charge in [0.05, 0.1) is 31.2 Å². The smallest absolute Gasteiger partial charge is 0.308 e. The Labute approximate surface area is 127 Å². The number of aliphatic carboxylic acids is 1. The second-order valence-corrected chi connectivity index (χ2v) is 5.41. The lowest BCUT2D eigenvalue weighted by molar-refractivity contribution is -0.141. The lowest BCUT2D eigenvalue weighted by atomic mass is 9.99. The van der Waals surface area contributed by atoms with E-state index in [1.54, 1.807) is 14.2 Å². The summed E-state index contributed by atoms with van der Waals surface area (Å²) in [6.45, 7) is 1.28. The van der Waals surface area contributed by atoms with E-state index in [-0.39, 0.29) is 5.92 Å². The molecule has 1 unspecified atom stereocenters. The first-order valence-corrected chi connectivity index (χ1v) is 7.22. The normalized spacial score (nSPS) is 18.5. The van der Waals surface area contributed by atoms with E-state index in [0.717, 1.165) is 24.0 Å². The molecule has 0 amide bonds. The summed E-state index contributed by atoms with van der Waals surface area (Å²) in [5.41, 5.74) is 1.61. The number of fused-ring (bicyclic) bond motifs is 1. The first-order chi connectivity index (χ1) is 10.6. The van der Waals surface area contributed by atoms with Gasteiger partial charge in [-0.15, -0.1) is 0 Å². The van der Waals surface area contributed by atoms with Gasteiger partial charge in [0.15, 0.2) is 11.5 Å². The minimum absolute atomic E-state index is 0.342. The van der Waals surface area contributed by atoms with E-state index in [1.807, 2.05) is 17.0 Å². The summed E-state index contributed by atoms with van der Waals surface area (Å²) in [7, 11) is 3.17. The molecule has 7 nitrogen and oxygen atoms in total. The SMILES string of the molecule is COc1cc2nc(N3CCCC(C(=O)O)C3)[nH]c2cc1OC. The molecule has 0 bridgehead atoms. The number of ether oxygens (including phenoxy) is 2. The highest BCUT2D eigenvalue weighted by Crippen LogP contribution is 2.32. The molecule has 1 aliphatic rings. The quantitative estimate of drug-likeness (QED) is 0.897. The van der Waals surface area contributed by atoms with Crippen molar-refractivity contribution in [2.45, 2.75) is 12.8 Å². The molecule has 1 saturated heterocycles. The standard InChI is InChI=1S/C15H19N3O4/c1-21-12-6-10-11(7-13(12)22-2)17-15(16-10)18-5-3-4-9(8-18)14(19)20/h6-7,9H,3-5,8H2,1-2H3,(H,16,17)(H,19,20). The number of piperidine rings is 1. The number of hydrogen-bond donors (Lipinski definition) is 2. The zero-order valence-electron chi connectivity index (χ0n) is 12.6. The molecular formula is C15H19N3O4. The van der Waals surface area contributed by atoms with Gasteiger partial charge in [-0.3, -0.25) is 4.79 Å². The Kier molecular flexibility index (Phi) is 3.79. The van der Waals surface area contributed by atoms with Crippen LogP contribution in [0.1, 0.15) is 12.8 Å². The van der Waals surface area contributed by atoms with Gasteiger partial charge in [-0.05, 0) is 12.8 Å². The first-order valence-electron chi connectivity index (χ1n) is 7.22. The maximum Gasteiger partial charge on any atom is 0.308 e. The van der Waals surface area contributed by atoms with Gasteiger partial charge in [0, 0.05) is 25.2 Å². The lowest BCUT2D eigenvalue weighted by Gasteiger charge is -2.30. The molecule has 3 rings (SSSR count). The van der Waals surface area contributed by atoms with Crippen LogP contribution in [0.25, 0.3) is 11.0 Å². The fourth-order valence-electron chi connectivity index (χ4n) is 2.84. The van der Waals surface area contributed by atoms with E-state index < -0.39 is 5.97 Å². The van der Waals surface area contributed by atoms with Crippen LogP contribution in [0.2, 0.25) is 0 Å². The molecule has 0 spiro atoms. The Morgan fingerprint density at radius 3 is 2.77 bits per heavy atom. The number of H-pyrrole nitrogens is 1. The molecule has 1 aromatic heterocycles. The zero-order chi connectivity index (χ0) is 15.7. The number of nitrogens with one attached hydrogen (secondary N) is 1. The topological polar surface area (TPSA) is 87.7 Å². The number of carboxylic acids is 1. The van der Waals surface area contributed by atoms with Gasteiger partial charge in [-0.2, -0.15) is 0 Å². The predicted octanol–water partition coefficient (Wildman–Crippen LogP) is 1.88. The van der Waals surface area contributed by atoms with Crippen LogP contribution in [0.5, 0.6) is 11.5 Å². The molecular weight excluding hydrogens is 286 g/mol. The summed E-state index contributed by atoms with van der Waals surface area (Å²) < 4.78 is 10.6. The third-order valence-corrected chi connectivity index (χ3v) is 4.04. The molecule has 1 aromatic carbocycles. The van der Waals surface area contributed by atoms with Crippen molar-refractivity contribution in [2.24, 2.45) is 5.92 Å². The largest absolute Gasteiger partial charge is 0.493 e. The van der Waals surface area contributed by atoms with Crippen molar-refractivity contribution in [3.8, 4) is 11.5 Å². The maximum absolute atomic E-state index is 11.2. The number of aromatic nitrogens is 2. The summed E-state index contributed by atoms with van der Waals surface area (Å²) in [5.74, 6) is 0.855. The Morgan fingerprint density at radius 1 is 1.36 bits per heavy atom. The predicted molar refractivity (Wildman–Crippen MR) is 81.8 cm³/mol. The summed E-state index contributed by atoms with van der Waals surface area (Å²) in [6.07, 6.45) is 1.56. The molecule has 2 heterocycles. The zero-order valence-corrected chi connectivity index (χ0v) is 12.6. The minimum atomic E-state index is -0.746. The van der Waals surface area contributed by atoms with Crippen molar-refractivity contribution in [3.63, 3.8) is 0 Å². The van der Waals surface area contributed by atoms with Crippen molar-refractivity contribution in [1.29, 1.82) is 0 Å². The molecule has 1 fully saturated rings. The Bertz CT molecular complexity index is 656. The monoisotopic (exact) mass is 305 g/mol. The van der Waals surface area contributed by atoms with Gasteiger partial charge < -0.3 is 24.5 Å². The van der Waals surface area contributed by atoms with Crippen molar-refractivity contribution in [1.82, 2.24) is 9.97 Å². The van der Waals surface area contributed by atoms with Crippen LogP contribution >= 0.6 is 0 Å². The minimum Gasteiger partial charge on any atom is -0.493 e. The number of aromatic amines is 1. The van der Waals surface area contributed by atoms with E-state index in [9.17, 15) is 9.90 Å². The van der Waals surface area contributed by atoms with Gasteiger partial charge >= 0.3 is 5.97 Å². The van der Waals surface area contributed by atoms with Crippen molar-refractivity contribution < 1.29 is 19.4 Å². The summed E-state index contributed by atoms with van der Waals surface area (Å²) in [4.78, 5) is 21.0. The highest BCUT2D eigenvalue weighted by atomic mass is 16.5. The Morgan fingerprint density at radius 2 is 2.09 bits per heavy atom. The highest BCUT2D eigenvalue weighted by Gasteiger charge is 2.27. The van der Waals surface area contributed by atoms with E-state index in [0.29, 0.717) is 30.4 Å². The summed E-state index contributed by atoms with van der Waals surface area (Å²) in [5, 5.41) is 9.19. The van der Waals surface area contributed by atoms with Gasteiger partial charge in [0.2, 0.25) is 5.95 Å². The van der Waals surface area contributed by atoms with Crippen LogP contribution in [0, 0.1) is 5.92 Å². The summed E-state index contributed by atoms with van der Waals surface area (Å²) >= 11 is 0. The van der Waals surface area contributed by atoms with Crippen LogP contribution in [0.15, 0.2) is 12.1 Å². The fourth-order valence-corrected chi connectivity index (χ4v) is 2.84. The van der Waals surface area contributed by atoms with Gasteiger partial charge in [-0.1, -0.05) is 0 Å². The molecule has 22 heavy (non-hydrogen) atoms. The third kappa shape index (κ3) is 2.54. The van der Waals surface area contributed by atoms with Crippen LogP contribution < -0.4 is 14.4 Å². The molecule has 0 aliphatic carbocycles. The van der Waals surface area contributed by atoms with Crippen molar-refractivity contribution in [2.75, 3.05) is 32.2 Å². The van der Waals surface area contributed by atoms with E-state index in [4.69, 9.17) is 9.47 Å². The highest BCUT2D eigenvalue weighted by molar-refractivity contribution is 5.82. The third-order valence-electron chi connectivity index (χ3n) is 4.04. The van der Waals surface area contributed by atoms with E-state index in [1.165, 1.54) is 0 Å². The van der Waals surface area contributed by atoms with Crippen molar-refractivity contribution in [3.05, 3.63) is 12.1 Å². The van der Waals surface area contributed by atoms with Crippen molar-refractivity contribution >= 4 is 23.0 Å². The van der Waals surface area contributed by atoms with Gasteiger partial charge in [0.1, 0.15) is 0 Å². The summed E-state index contributed by atoms with van der Waals surface area (Å²) in [6, 6.07) is 3.65. The number of imidazole rings is 1. The molecule has 1 aliphatic heterocycles. The van der Waals surface area contributed by atoms with Gasteiger partial charge in [-0.25, -0.2) is 4.98 Å². The fraction of sp³-hybridized carbons (Fsp3) is 0.467. The van der Waals surface area contributed by atoms with Crippen LogP contribution in [-0.2, 0) is 4.79 Å². The second-order valence-electron chi connectivity index (χ2n) is 5.41. The average Bonchev–Trinajstić information content (AvgIpc) is 2.96. The molecule has 0 radical (unpaired) electrons.